The molecule has 0 saturated heterocycles. The topological polar surface area (TPSA) is 24.9 Å². The number of rotatable bonds is 4. The fraction of sp³-hybridized carbons (Fsp3) is 0.471. The molecular weight excluding hydrogens is 264 g/mol. The summed E-state index contributed by atoms with van der Waals surface area (Å²) in [6, 6.07) is 9.11. The van der Waals surface area contributed by atoms with Gasteiger partial charge in [0.05, 0.1) is 16.7 Å². The fourth-order valence-corrected chi connectivity index (χ4v) is 2.92. The average molecular weight is 288 g/mol. The summed E-state index contributed by atoms with van der Waals surface area (Å²) in [7, 11) is 0. The molecule has 1 atom stereocenters. The molecule has 0 saturated carbocycles. The Kier molecular flexibility index (Phi) is 4.61. The van der Waals surface area contributed by atoms with Crippen LogP contribution in [0.1, 0.15) is 55.6 Å². The van der Waals surface area contributed by atoms with E-state index in [1.165, 1.54) is 11.1 Å². The molecule has 3 heteroatoms. The minimum atomic E-state index is 0.193. The normalized spacial score (nSPS) is 13.4. The summed E-state index contributed by atoms with van der Waals surface area (Å²) in [6.45, 7) is 11.9. The van der Waals surface area contributed by atoms with Gasteiger partial charge in [-0.2, -0.15) is 0 Å². The van der Waals surface area contributed by atoms with Crippen LogP contribution in [0.25, 0.3) is 0 Å². The van der Waals surface area contributed by atoms with Gasteiger partial charge in [-0.05, 0) is 30.0 Å². The van der Waals surface area contributed by atoms with Crippen LogP contribution < -0.4 is 5.32 Å². The highest BCUT2D eigenvalue weighted by molar-refractivity contribution is 7.09. The third-order valence-electron chi connectivity index (χ3n) is 3.45. The Bertz CT molecular complexity index is 549. The largest absolute Gasteiger partial charge is 0.305 e. The number of hydrogen-bond donors (Lipinski definition) is 1. The van der Waals surface area contributed by atoms with Gasteiger partial charge in [-0.25, -0.2) is 4.98 Å². The second-order valence-corrected chi connectivity index (χ2v) is 7.22. The monoisotopic (exact) mass is 288 g/mol. The predicted octanol–water partition coefficient (Wildman–Crippen LogP) is 4.45. The summed E-state index contributed by atoms with van der Waals surface area (Å²) < 4.78 is 0. The molecule has 0 aliphatic carbocycles. The van der Waals surface area contributed by atoms with E-state index in [9.17, 15) is 0 Å². The van der Waals surface area contributed by atoms with Crippen LogP contribution in [-0.4, -0.2) is 11.5 Å². The average Bonchev–Trinajstić information content (AvgIpc) is 2.81. The number of thiazole rings is 1. The van der Waals surface area contributed by atoms with Gasteiger partial charge in [-0.3, -0.25) is 0 Å². The van der Waals surface area contributed by atoms with Gasteiger partial charge in [0.1, 0.15) is 0 Å². The van der Waals surface area contributed by atoms with Crippen molar-refractivity contribution in [3.8, 4) is 0 Å². The van der Waals surface area contributed by atoms with Crippen LogP contribution in [0.3, 0.4) is 0 Å². The van der Waals surface area contributed by atoms with Crippen LogP contribution in [-0.2, 0) is 5.41 Å². The van der Waals surface area contributed by atoms with Gasteiger partial charge in [0.25, 0.3) is 0 Å². The molecule has 2 aromatic rings. The Morgan fingerprint density at radius 1 is 1.20 bits per heavy atom. The lowest BCUT2D eigenvalue weighted by atomic mass is 9.86. The Morgan fingerprint density at radius 2 is 1.85 bits per heavy atom. The van der Waals surface area contributed by atoms with Gasteiger partial charge in [0.15, 0.2) is 0 Å². The highest BCUT2D eigenvalue weighted by atomic mass is 32.1. The lowest BCUT2D eigenvalue weighted by Crippen LogP contribution is -2.22. The zero-order valence-electron chi connectivity index (χ0n) is 13.0. The molecule has 2 nitrogen and oxygen atoms in total. The molecule has 1 N–H and O–H groups in total. The Hall–Kier alpha value is -1.19. The summed E-state index contributed by atoms with van der Waals surface area (Å²) in [5.41, 5.74) is 3.97. The lowest BCUT2D eigenvalue weighted by molar-refractivity contribution is 0.586. The van der Waals surface area contributed by atoms with Crippen molar-refractivity contribution in [2.24, 2.45) is 0 Å². The van der Waals surface area contributed by atoms with Gasteiger partial charge in [-0.15, -0.1) is 11.3 Å². The van der Waals surface area contributed by atoms with Crippen LogP contribution in [0.4, 0.5) is 0 Å². The molecular formula is C17H24N2S. The summed E-state index contributed by atoms with van der Waals surface area (Å²) in [4.78, 5) is 4.63. The first-order chi connectivity index (χ1) is 9.41. The molecule has 20 heavy (non-hydrogen) atoms. The number of nitrogens with one attached hydrogen (secondary N) is 1. The van der Waals surface area contributed by atoms with Crippen molar-refractivity contribution >= 4 is 11.3 Å². The van der Waals surface area contributed by atoms with Gasteiger partial charge in [0.2, 0.25) is 0 Å². The quantitative estimate of drug-likeness (QED) is 0.899. The second-order valence-electron chi connectivity index (χ2n) is 6.15. The van der Waals surface area contributed by atoms with Crippen molar-refractivity contribution in [2.45, 2.75) is 46.1 Å². The summed E-state index contributed by atoms with van der Waals surface area (Å²) in [6.07, 6.45) is 0. The van der Waals surface area contributed by atoms with E-state index in [1.54, 1.807) is 11.3 Å². The molecule has 0 spiro atoms. The number of hydrogen-bond acceptors (Lipinski definition) is 3. The van der Waals surface area contributed by atoms with Crippen LogP contribution in [0.2, 0.25) is 0 Å². The maximum atomic E-state index is 4.63. The maximum absolute atomic E-state index is 4.63. The summed E-state index contributed by atoms with van der Waals surface area (Å²) in [5.74, 6) is 0. The molecule has 0 aliphatic rings. The predicted molar refractivity (Wildman–Crippen MR) is 87.5 cm³/mol. The van der Waals surface area contributed by atoms with Crippen molar-refractivity contribution in [3.63, 3.8) is 0 Å². The van der Waals surface area contributed by atoms with E-state index in [-0.39, 0.29) is 11.5 Å². The first-order valence-electron chi connectivity index (χ1n) is 7.17. The van der Waals surface area contributed by atoms with Gasteiger partial charge in [0, 0.05) is 5.38 Å². The first-order valence-corrected chi connectivity index (χ1v) is 8.05. The molecule has 0 amide bonds. The SMILES string of the molecule is CCNC(c1ccc(C(C)(C)C)cc1)c1csc(C)n1. The second kappa shape index (κ2) is 6.06. The Labute approximate surface area is 126 Å². The van der Waals surface area contributed by atoms with E-state index in [4.69, 9.17) is 0 Å². The zero-order chi connectivity index (χ0) is 14.8. The molecule has 108 valence electrons. The van der Waals surface area contributed by atoms with Crippen LogP contribution in [0, 0.1) is 6.92 Å². The molecule has 0 bridgehead atoms. The van der Waals surface area contributed by atoms with E-state index < -0.39 is 0 Å². The molecule has 0 aliphatic heterocycles. The lowest BCUT2D eigenvalue weighted by Gasteiger charge is -2.21. The minimum absolute atomic E-state index is 0.193. The van der Waals surface area contributed by atoms with Gasteiger partial charge < -0.3 is 5.32 Å². The van der Waals surface area contributed by atoms with E-state index in [1.807, 2.05) is 0 Å². The van der Waals surface area contributed by atoms with Crippen molar-refractivity contribution in [1.29, 1.82) is 0 Å². The Morgan fingerprint density at radius 3 is 2.30 bits per heavy atom. The van der Waals surface area contributed by atoms with Crippen LogP contribution in [0.5, 0.6) is 0 Å². The molecule has 0 radical (unpaired) electrons. The molecule has 2 rings (SSSR count). The van der Waals surface area contributed by atoms with Gasteiger partial charge >= 0.3 is 0 Å². The molecule has 1 aromatic carbocycles. The van der Waals surface area contributed by atoms with Crippen molar-refractivity contribution in [2.75, 3.05) is 6.54 Å². The molecule has 1 heterocycles. The Balaban J connectivity index is 2.30. The van der Waals surface area contributed by atoms with E-state index in [0.29, 0.717) is 0 Å². The third-order valence-corrected chi connectivity index (χ3v) is 4.24. The number of nitrogens with zero attached hydrogens (tertiary/aromatic N) is 1. The maximum Gasteiger partial charge on any atom is 0.0898 e. The highest BCUT2D eigenvalue weighted by Gasteiger charge is 2.18. The van der Waals surface area contributed by atoms with Crippen molar-refractivity contribution in [3.05, 3.63) is 51.5 Å². The summed E-state index contributed by atoms with van der Waals surface area (Å²) >= 11 is 1.71. The van der Waals surface area contributed by atoms with Crippen LogP contribution >= 0.6 is 11.3 Å². The van der Waals surface area contributed by atoms with E-state index in [2.05, 4.69) is 74.6 Å². The third kappa shape index (κ3) is 3.47. The van der Waals surface area contributed by atoms with E-state index >= 15 is 0 Å². The van der Waals surface area contributed by atoms with E-state index in [0.717, 1.165) is 17.2 Å². The first kappa shape index (κ1) is 15.2. The molecule has 1 unspecified atom stereocenters. The minimum Gasteiger partial charge on any atom is -0.305 e. The zero-order valence-corrected chi connectivity index (χ0v) is 13.8. The number of aromatic nitrogens is 1. The highest BCUT2D eigenvalue weighted by Crippen LogP contribution is 2.27. The molecule has 0 fully saturated rings. The van der Waals surface area contributed by atoms with Crippen molar-refractivity contribution in [1.82, 2.24) is 10.3 Å². The van der Waals surface area contributed by atoms with Crippen molar-refractivity contribution < 1.29 is 0 Å². The smallest absolute Gasteiger partial charge is 0.0898 e. The number of aryl methyl sites for hydroxylation is 1. The fourth-order valence-electron chi connectivity index (χ4n) is 2.29. The molecule has 1 aromatic heterocycles. The number of benzene rings is 1. The standard InChI is InChI=1S/C17H24N2S/c1-6-18-16(15-11-20-12(2)19-15)13-7-9-14(10-8-13)17(3,4)5/h7-11,16,18H,6H2,1-5H3. The summed E-state index contributed by atoms with van der Waals surface area (Å²) in [5, 5.41) is 6.80. The van der Waals surface area contributed by atoms with Gasteiger partial charge in [-0.1, -0.05) is 52.0 Å². The van der Waals surface area contributed by atoms with Crippen LogP contribution in [0.15, 0.2) is 29.6 Å².